The van der Waals surface area contributed by atoms with Crippen molar-refractivity contribution >= 4 is 26.0 Å². The molecule has 0 saturated heterocycles. The number of ether oxygens (including phenoxy) is 2. The molecule has 1 saturated carbocycles. The monoisotopic (exact) mass is 752 g/mol. The van der Waals surface area contributed by atoms with Crippen molar-refractivity contribution < 1.29 is 67.9 Å². The molecule has 0 aliphatic heterocycles. The van der Waals surface area contributed by atoms with Crippen LogP contribution < -0.4 is 0 Å². The zero-order valence-corrected chi connectivity index (χ0v) is 31.3. The summed E-state index contributed by atoms with van der Waals surface area (Å²) in [5.74, 6) is -1.20. The first-order valence-electron chi connectivity index (χ1n) is 18.9. The largest absolute Gasteiger partial charge is 0.472 e. The highest BCUT2D eigenvalue weighted by atomic mass is 31.2. The third kappa shape index (κ3) is 22.2. The second-order valence-electron chi connectivity index (χ2n) is 13.4. The molecule has 8 atom stereocenters. The Kier molecular flexibility index (Phi) is 26.6. The van der Waals surface area contributed by atoms with Gasteiger partial charge in [0, 0.05) is 19.3 Å². The lowest BCUT2D eigenvalue weighted by atomic mass is 9.85. The molecule has 15 heteroatoms. The Morgan fingerprint density at radius 3 is 1.61 bits per heavy atom. The third-order valence-corrected chi connectivity index (χ3v) is 9.81. The topological polar surface area (TPSA) is 227 Å². The van der Waals surface area contributed by atoms with Crippen molar-refractivity contribution in [3.8, 4) is 0 Å². The smallest absolute Gasteiger partial charge is 0.462 e. The zero-order valence-electron chi connectivity index (χ0n) is 30.4. The molecule has 0 radical (unpaired) electrons. The Hall–Kier alpha value is -1.74. The van der Waals surface area contributed by atoms with Crippen molar-refractivity contribution in [1.82, 2.24) is 0 Å². The Balaban J connectivity index is 2.49. The van der Waals surface area contributed by atoms with Crippen LogP contribution in [0, 0.1) is 0 Å². The molecule has 51 heavy (non-hydrogen) atoms. The first kappa shape index (κ1) is 47.3. The molecule has 0 amide bonds. The van der Waals surface area contributed by atoms with E-state index in [1.165, 1.54) is 38.5 Å². The minimum atomic E-state index is -5.12. The number of carbonyl (C=O) groups is 3. The highest BCUT2D eigenvalue weighted by Gasteiger charge is 2.51. The summed E-state index contributed by atoms with van der Waals surface area (Å²) in [6, 6.07) is 0. The number of aliphatic hydroxyl groups is 5. The van der Waals surface area contributed by atoms with E-state index in [1.54, 1.807) is 0 Å². The summed E-state index contributed by atoms with van der Waals surface area (Å²) in [5, 5.41) is 49.7. The van der Waals surface area contributed by atoms with Crippen molar-refractivity contribution in [2.45, 2.75) is 184 Å². The van der Waals surface area contributed by atoms with Crippen molar-refractivity contribution in [3.05, 3.63) is 12.2 Å². The van der Waals surface area contributed by atoms with E-state index >= 15 is 0 Å². The molecule has 0 heterocycles. The van der Waals surface area contributed by atoms with Gasteiger partial charge < -0.3 is 44.7 Å². The lowest BCUT2D eigenvalue weighted by Gasteiger charge is -2.41. The summed E-state index contributed by atoms with van der Waals surface area (Å²) in [4.78, 5) is 45.6. The molecule has 0 bridgehead atoms. The summed E-state index contributed by atoms with van der Waals surface area (Å²) in [5.41, 5.74) is 0. The number of phosphoric ester groups is 1. The first-order valence-corrected chi connectivity index (χ1v) is 20.4. The van der Waals surface area contributed by atoms with E-state index in [4.69, 9.17) is 18.5 Å². The molecular weight excluding hydrogens is 687 g/mol. The molecule has 0 aromatic carbocycles. The van der Waals surface area contributed by atoms with Gasteiger partial charge in [-0.2, -0.15) is 0 Å². The molecule has 0 aromatic rings. The number of phosphoric acid groups is 1. The maximum atomic E-state index is 12.7. The van der Waals surface area contributed by atoms with Gasteiger partial charge in [0.1, 0.15) is 49.5 Å². The number of carbonyl (C=O) groups excluding carboxylic acids is 3. The van der Waals surface area contributed by atoms with Gasteiger partial charge in [-0.3, -0.25) is 18.6 Å². The van der Waals surface area contributed by atoms with E-state index in [1.807, 2.05) is 0 Å². The maximum absolute atomic E-state index is 12.7. The van der Waals surface area contributed by atoms with E-state index in [9.17, 15) is 49.4 Å². The van der Waals surface area contributed by atoms with Crippen molar-refractivity contribution in [3.63, 3.8) is 0 Å². The lowest BCUT2D eigenvalue weighted by molar-refractivity contribution is -0.220. The van der Waals surface area contributed by atoms with Gasteiger partial charge in [-0.25, -0.2) is 4.57 Å². The third-order valence-electron chi connectivity index (χ3n) is 8.83. The average molecular weight is 753 g/mol. The van der Waals surface area contributed by atoms with Crippen LogP contribution in [-0.4, -0.2) is 105 Å². The molecule has 1 aliphatic carbocycles. The maximum Gasteiger partial charge on any atom is 0.472 e. The summed E-state index contributed by atoms with van der Waals surface area (Å²) in [6.07, 6.45) is 10.9. The van der Waals surface area contributed by atoms with Gasteiger partial charge in [0.15, 0.2) is 6.10 Å². The number of hydrogen-bond acceptors (Lipinski definition) is 13. The minimum absolute atomic E-state index is 0.0267. The Morgan fingerprint density at radius 2 is 1.08 bits per heavy atom. The predicted molar refractivity (Wildman–Crippen MR) is 189 cm³/mol. The van der Waals surface area contributed by atoms with Crippen LogP contribution in [0.25, 0.3) is 0 Å². The first-order chi connectivity index (χ1) is 24.4. The number of aliphatic hydroxyl groups excluding tert-OH is 5. The molecule has 1 fully saturated rings. The predicted octanol–water partition coefficient (Wildman–Crippen LogP) is 4.73. The Morgan fingerprint density at radius 1 is 0.627 bits per heavy atom. The number of allylic oxidation sites excluding steroid dienone is 2. The fourth-order valence-electron chi connectivity index (χ4n) is 5.67. The fraction of sp³-hybridized carbons (Fsp3) is 0.861. The number of aldehydes is 1. The van der Waals surface area contributed by atoms with Crippen LogP contribution in [0.3, 0.4) is 0 Å². The second kappa shape index (κ2) is 28.7. The molecule has 1 aliphatic rings. The molecular formula is C36H65O14P. The molecule has 1 rings (SSSR count). The van der Waals surface area contributed by atoms with E-state index < -0.39 is 75.7 Å². The van der Waals surface area contributed by atoms with Crippen LogP contribution in [-0.2, 0) is 37.5 Å². The van der Waals surface area contributed by atoms with Gasteiger partial charge in [0.2, 0.25) is 0 Å². The lowest BCUT2D eigenvalue weighted by Crippen LogP contribution is -2.64. The average Bonchev–Trinajstić information content (AvgIpc) is 3.10. The van der Waals surface area contributed by atoms with Crippen molar-refractivity contribution in [2.75, 3.05) is 13.2 Å². The zero-order chi connectivity index (χ0) is 37.9. The second-order valence-corrected chi connectivity index (χ2v) is 14.8. The van der Waals surface area contributed by atoms with E-state index in [2.05, 4.69) is 19.1 Å². The van der Waals surface area contributed by atoms with Gasteiger partial charge in [0.25, 0.3) is 0 Å². The highest BCUT2D eigenvalue weighted by Crippen LogP contribution is 2.47. The van der Waals surface area contributed by atoms with Gasteiger partial charge in [-0.05, 0) is 44.9 Å². The van der Waals surface area contributed by atoms with Gasteiger partial charge in [-0.1, -0.05) is 89.7 Å². The van der Waals surface area contributed by atoms with Crippen molar-refractivity contribution in [1.29, 1.82) is 0 Å². The van der Waals surface area contributed by atoms with Crippen LogP contribution in [0.5, 0.6) is 0 Å². The SMILES string of the molecule is CCCCCCCC/C=C\CCCCCCCC(=O)OC[C@H](COP(=O)(O)OC1C(O)C(O)C(O)[C@@H](O)C1O)OC(=O)CCCCCCCC=O. The van der Waals surface area contributed by atoms with Crippen LogP contribution in [0.2, 0.25) is 0 Å². The highest BCUT2D eigenvalue weighted by molar-refractivity contribution is 7.47. The summed E-state index contributed by atoms with van der Waals surface area (Å²) < 4.78 is 33.1. The molecule has 298 valence electrons. The van der Waals surface area contributed by atoms with Crippen LogP contribution in [0.1, 0.15) is 142 Å². The number of unbranched alkanes of at least 4 members (excludes halogenated alkanes) is 16. The summed E-state index contributed by atoms with van der Waals surface area (Å²) in [7, 11) is -5.12. The minimum Gasteiger partial charge on any atom is -0.462 e. The number of rotatable bonds is 31. The van der Waals surface area contributed by atoms with Gasteiger partial charge in [-0.15, -0.1) is 0 Å². The number of esters is 2. The number of hydrogen-bond donors (Lipinski definition) is 6. The Bertz CT molecular complexity index is 994. The quantitative estimate of drug-likeness (QED) is 0.0185. The molecule has 0 aromatic heterocycles. The summed E-state index contributed by atoms with van der Waals surface area (Å²) >= 11 is 0. The van der Waals surface area contributed by atoms with E-state index in [0.717, 1.165) is 70.5 Å². The van der Waals surface area contributed by atoms with Gasteiger partial charge in [0.05, 0.1) is 6.61 Å². The van der Waals surface area contributed by atoms with Crippen LogP contribution in [0.15, 0.2) is 12.2 Å². The summed E-state index contributed by atoms with van der Waals surface area (Å²) in [6.45, 7) is 0.984. The molecule has 0 spiro atoms. The fourth-order valence-corrected chi connectivity index (χ4v) is 6.64. The van der Waals surface area contributed by atoms with E-state index in [-0.39, 0.29) is 12.8 Å². The molecule has 6 unspecified atom stereocenters. The normalized spacial score (nSPS) is 23.9. The van der Waals surface area contributed by atoms with Crippen LogP contribution >= 0.6 is 7.82 Å². The van der Waals surface area contributed by atoms with Gasteiger partial charge >= 0.3 is 19.8 Å². The molecule has 14 nitrogen and oxygen atoms in total. The van der Waals surface area contributed by atoms with Crippen LogP contribution in [0.4, 0.5) is 0 Å². The van der Waals surface area contributed by atoms with Crippen molar-refractivity contribution in [2.24, 2.45) is 0 Å². The Labute approximate surface area is 303 Å². The molecule has 6 N–H and O–H groups in total. The standard InChI is InChI=1S/C36H65O14P/c1-2-3-4-5-6-7-8-9-10-11-12-13-14-17-20-23-29(38)47-26-28(49-30(39)24-21-18-15-16-19-22-25-37)27-48-51(45,46)50-36-34(43)32(41)31(40)33(42)35(36)44/h9-10,25,28,31-36,40-44H,2-8,11-24,26-27H2,1H3,(H,45,46)/b10-9-/t28-,31?,32-,33?,34?,35?,36?/m1/s1. The van der Waals surface area contributed by atoms with E-state index in [0.29, 0.717) is 19.3 Å².